The Kier molecular flexibility index (Phi) is 6.17. The van der Waals surface area contributed by atoms with E-state index in [2.05, 4.69) is 10.3 Å². The number of nitrogens with zero attached hydrogens (tertiary/aromatic N) is 2. The van der Waals surface area contributed by atoms with Crippen molar-refractivity contribution in [2.24, 2.45) is 0 Å². The lowest BCUT2D eigenvalue weighted by molar-refractivity contribution is -0.153. The second kappa shape index (κ2) is 8.93. The molecule has 2 aromatic heterocycles. The molecule has 3 aromatic rings. The third-order valence-electron chi connectivity index (χ3n) is 5.05. The van der Waals surface area contributed by atoms with Gasteiger partial charge in [0.15, 0.2) is 6.10 Å². The quantitative estimate of drug-likeness (QED) is 0.535. The molecule has 1 N–H and O–H groups in total. The number of nitrogens with one attached hydrogen (secondary N) is 1. The van der Waals surface area contributed by atoms with E-state index < -0.39 is 42.2 Å². The summed E-state index contributed by atoms with van der Waals surface area (Å²) < 4.78 is 49.8. The molecule has 1 unspecified atom stereocenters. The number of carbonyl (C=O) groups is 3. The molecule has 0 spiro atoms. The zero-order chi connectivity index (χ0) is 24.6. The fourth-order valence-electron chi connectivity index (χ4n) is 3.41. The van der Waals surface area contributed by atoms with Gasteiger partial charge in [-0.2, -0.15) is 13.2 Å². The summed E-state index contributed by atoms with van der Waals surface area (Å²) in [6.45, 7) is 2.55. The fourth-order valence-corrected chi connectivity index (χ4v) is 4.06. The molecular weight excluding hydrogens is 475 g/mol. The van der Waals surface area contributed by atoms with Crippen molar-refractivity contribution in [1.82, 2.24) is 4.98 Å². The summed E-state index contributed by atoms with van der Waals surface area (Å²) in [5.41, 5.74) is -0.689. The second-order valence-corrected chi connectivity index (χ2v) is 8.46. The van der Waals surface area contributed by atoms with Crippen molar-refractivity contribution in [1.29, 1.82) is 0 Å². The number of thiophene rings is 1. The molecule has 4 rings (SSSR count). The third kappa shape index (κ3) is 4.81. The van der Waals surface area contributed by atoms with Crippen LogP contribution < -0.4 is 10.2 Å². The first-order chi connectivity index (χ1) is 16.0. The summed E-state index contributed by atoms with van der Waals surface area (Å²) in [5.74, 6) is -1.36. The monoisotopic (exact) mass is 493 g/mol. The van der Waals surface area contributed by atoms with Gasteiger partial charge in [0.05, 0.1) is 33.9 Å². The number of aromatic nitrogens is 1. The predicted molar refractivity (Wildman–Crippen MR) is 116 cm³/mol. The van der Waals surface area contributed by atoms with Crippen LogP contribution in [0.2, 0.25) is 0 Å². The van der Waals surface area contributed by atoms with Gasteiger partial charge in [-0.05, 0) is 43.5 Å². The van der Waals surface area contributed by atoms with Gasteiger partial charge >= 0.3 is 12.1 Å². The van der Waals surface area contributed by atoms with E-state index in [4.69, 9.17) is 9.15 Å². The van der Waals surface area contributed by atoms with Crippen molar-refractivity contribution in [2.75, 3.05) is 16.8 Å². The molecule has 0 fully saturated rings. The maximum Gasteiger partial charge on any atom is 0.416 e. The molecule has 2 amide bonds. The summed E-state index contributed by atoms with van der Waals surface area (Å²) in [5, 5.41) is 4.19. The molecule has 178 valence electrons. The van der Waals surface area contributed by atoms with Gasteiger partial charge in [0.1, 0.15) is 12.3 Å². The first-order valence-electron chi connectivity index (χ1n) is 10.0. The molecule has 1 aromatic carbocycles. The van der Waals surface area contributed by atoms with Crippen LogP contribution in [0.15, 0.2) is 40.1 Å². The van der Waals surface area contributed by atoms with Gasteiger partial charge in [-0.1, -0.05) is 6.07 Å². The molecule has 0 radical (unpaired) electrons. The number of ether oxygens (including phenoxy) is 1. The first-order valence-corrected chi connectivity index (χ1v) is 10.9. The highest BCUT2D eigenvalue weighted by Crippen LogP contribution is 2.37. The largest absolute Gasteiger partial charge is 0.452 e. The highest BCUT2D eigenvalue weighted by atomic mass is 32.1. The fraction of sp³-hybridized carbons (Fsp3) is 0.273. The van der Waals surface area contributed by atoms with Crippen molar-refractivity contribution < 1.29 is 36.7 Å². The summed E-state index contributed by atoms with van der Waals surface area (Å²) in [6.07, 6.45) is -6.15. The molecule has 0 saturated carbocycles. The number of hydrogen-bond acceptors (Lipinski definition) is 7. The van der Waals surface area contributed by atoms with Crippen LogP contribution in [0.3, 0.4) is 0 Å². The number of hydrogen-bond donors (Lipinski definition) is 1. The lowest BCUT2D eigenvalue weighted by Gasteiger charge is -2.31. The minimum absolute atomic E-state index is 0.0773. The molecule has 12 heteroatoms. The number of benzene rings is 1. The topological polar surface area (TPSA) is 102 Å². The van der Waals surface area contributed by atoms with Crippen LogP contribution in [0.25, 0.3) is 10.8 Å². The first kappa shape index (κ1) is 23.5. The van der Waals surface area contributed by atoms with E-state index in [0.29, 0.717) is 17.3 Å². The molecule has 0 aliphatic carbocycles. The van der Waals surface area contributed by atoms with Crippen molar-refractivity contribution >= 4 is 40.5 Å². The van der Waals surface area contributed by atoms with E-state index in [9.17, 15) is 27.6 Å². The molecule has 0 saturated heterocycles. The van der Waals surface area contributed by atoms with Crippen LogP contribution in [0.1, 0.15) is 23.9 Å². The molecule has 1 aliphatic heterocycles. The van der Waals surface area contributed by atoms with Crippen molar-refractivity contribution in [3.05, 3.63) is 52.7 Å². The summed E-state index contributed by atoms with van der Waals surface area (Å²) >= 11 is 1.43. The number of anilines is 2. The van der Waals surface area contributed by atoms with Crippen LogP contribution in [0, 0.1) is 6.92 Å². The van der Waals surface area contributed by atoms with Gasteiger partial charge in [-0.3, -0.25) is 19.3 Å². The maximum absolute atomic E-state index is 13.0. The number of rotatable bonds is 5. The normalized spacial score (nSPS) is 14.4. The average molecular weight is 493 g/mol. The van der Waals surface area contributed by atoms with E-state index in [-0.39, 0.29) is 17.8 Å². The van der Waals surface area contributed by atoms with E-state index in [1.54, 1.807) is 6.92 Å². The van der Waals surface area contributed by atoms with Crippen molar-refractivity contribution in [3.63, 3.8) is 0 Å². The molecule has 0 bridgehead atoms. The Balaban J connectivity index is 1.46. The number of halogens is 3. The Morgan fingerprint density at radius 1 is 1.32 bits per heavy atom. The second-order valence-electron chi connectivity index (χ2n) is 7.51. The Hall–Kier alpha value is -3.67. The van der Waals surface area contributed by atoms with Crippen molar-refractivity contribution in [2.45, 2.75) is 32.5 Å². The summed E-state index contributed by atoms with van der Waals surface area (Å²) in [7, 11) is 0. The molecule has 3 heterocycles. The zero-order valence-electron chi connectivity index (χ0n) is 17.9. The maximum atomic E-state index is 13.0. The number of esters is 1. The van der Waals surface area contributed by atoms with Gasteiger partial charge in [0.25, 0.3) is 5.91 Å². The van der Waals surface area contributed by atoms with Crippen LogP contribution >= 0.6 is 11.3 Å². The lowest BCUT2D eigenvalue weighted by Crippen LogP contribution is -2.47. The number of alkyl halides is 3. The number of carbonyl (C=O) groups excluding carboxylic acids is 3. The minimum atomic E-state index is -4.61. The molecule has 34 heavy (non-hydrogen) atoms. The van der Waals surface area contributed by atoms with Crippen LogP contribution in [-0.2, 0) is 31.7 Å². The molecule has 1 aliphatic rings. The SMILES string of the molecule is Cc1oc(-c2cccs2)nc1CC(=O)OC(C)C(=O)N1CC(=O)Nc2cc(C(F)(F)F)ccc21. The lowest BCUT2D eigenvalue weighted by atomic mass is 10.1. The van der Waals surface area contributed by atoms with E-state index >= 15 is 0 Å². The van der Waals surface area contributed by atoms with Crippen LogP contribution in [0.4, 0.5) is 24.5 Å². The van der Waals surface area contributed by atoms with Gasteiger partial charge < -0.3 is 14.5 Å². The highest BCUT2D eigenvalue weighted by Gasteiger charge is 2.35. The number of amides is 2. The predicted octanol–water partition coefficient (Wildman–Crippen LogP) is 4.19. The third-order valence-corrected chi connectivity index (χ3v) is 5.91. The van der Waals surface area contributed by atoms with E-state index in [1.165, 1.54) is 18.3 Å². The minimum Gasteiger partial charge on any atom is -0.452 e. The van der Waals surface area contributed by atoms with E-state index in [0.717, 1.165) is 28.0 Å². The number of fused-ring (bicyclic) bond motifs is 1. The smallest absolute Gasteiger partial charge is 0.416 e. The Morgan fingerprint density at radius 2 is 2.09 bits per heavy atom. The number of aryl methyl sites for hydroxylation is 1. The average Bonchev–Trinajstić information content (AvgIpc) is 3.41. The Labute approximate surface area is 195 Å². The van der Waals surface area contributed by atoms with Gasteiger partial charge in [0, 0.05) is 0 Å². The molecule has 1 atom stereocenters. The van der Waals surface area contributed by atoms with Crippen molar-refractivity contribution in [3.8, 4) is 10.8 Å². The van der Waals surface area contributed by atoms with Gasteiger partial charge in [-0.15, -0.1) is 11.3 Å². The van der Waals surface area contributed by atoms with Crippen LogP contribution in [-0.4, -0.2) is 35.4 Å². The van der Waals surface area contributed by atoms with Crippen LogP contribution in [0.5, 0.6) is 0 Å². The highest BCUT2D eigenvalue weighted by molar-refractivity contribution is 7.13. The van der Waals surface area contributed by atoms with Gasteiger partial charge in [-0.25, -0.2) is 4.98 Å². The summed E-state index contributed by atoms with van der Waals surface area (Å²) in [4.78, 5) is 43.5. The van der Waals surface area contributed by atoms with Gasteiger partial charge in [0.2, 0.25) is 11.8 Å². The number of oxazole rings is 1. The molecule has 8 nitrogen and oxygen atoms in total. The van der Waals surface area contributed by atoms with E-state index in [1.807, 2.05) is 17.5 Å². The zero-order valence-corrected chi connectivity index (χ0v) is 18.7. The Bertz CT molecular complexity index is 1250. The summed E-state index contributed by atoms with van der Waals surface area (Å²) in [6, 6.07) is 6.31. The Morgan fingerprint density at radius 3 is 2.76 bits per heavy atom. The standard InChI is InChI=1S/C22H18F3N3O5S/c1-11-14(27-20(33-11)17-4-3-7-34-17)9-19(30)32-12(2)21(31)28-10-18(29)26-15-8-13(22(23,24)25)5-6-16(15)28/h3-8,12H,9-10H2,1-2H3,(H,26,29). The molecular formula is C22H18F3N3O5S.